The van der Waals surface area contributed by atoms with E-state index in [4.69, 9.17) is 9.63 Å². The van der Waals surface area contributed by atoms with Gasteiger partial charge in [0.25, 0.3) is 17.6 Å². The summed E-state index contributed by atoms with van der Waals surface area (Å²) in [7, 11) is 0. The maximum absolute atomic E-state index is 13.8. The summed E-state index contributed by atoms with van der Waals surface area (Å²) in [6.45, 7) is 1.79. The van der Waals surface area contributed by atoms with Crippen molar-refractivity contribution in [1.82, 2.24) is 15.5 Å². The number of benzene rings is 2. The molecule has 2 N–H and O–H groups in total. The summed E-state index contributed by atoms with van der Waals surface area (Å²) in [5.41, 5.74) is 1.13. The second-order valence-corrected chi connectivity index (χ2v) is 6.01. The average molecular weight is 387 g/mol. The first-order valence-electron chi connectivity index (χ1n) is 8.23. The van der Waals surface area contributed by atoms with Crippen LogP contribution in [0.5, 0.6) is 0 Å². The quantitative estimate of drug-likeness (QED) is 0.673. The Balaban J connectivity index is 1.85. The van der Waals surface area contributed by atoms with E-state index in [1.165, 1.54) is 12.1 Å². The number of halogens is 2. The first-order chi connectivity index (χ1) is 13.4. The SMILES string of the molecule is Cc1ccccc1[C@H](CC(=O)O)NC(=O)c1noc(-c2cccc(F)c2F)n1. The third-order valence-corrected chi connectivity index (χ3v) is 4.06. The van der Waals surface area contributed by atoms with Crippen LogP contribution in [-0.2, 0) is 4.79 Å². The molecule has 144 valence electrons. The summed E-state index contributed by atoms with van der Waals surface area (Å²) >= 11 is 0. The second kappa shape index (κ2) is 7.95. The van der Waals surface area contributed by atoms with Crippen molar-refractivity contribution in [3.05, 3.63) is 71.1 Å². The number of amides is 1. The van der Waals surface area contributed by atoms with Gasteiger partial charge in [-0.15, -0.1) is 0 Å². The summed E-state index contributed by atoms with van der Waals surface area (Å²) in [5, 5.41) is 15.2. The lowest BCUT2D eigenvalue weighted by atomic mass is 9.99. The minimum Gasteiger partial charge on any atom is -0.481 e. The van der Waals surface area contributed by atoms with E-state index in [1.54, 1.807) is 31.2 Å². The number of hydrogen-bond acceptors (Lipinski definition) is 5. The molecule has 28 heavy (non-hydrogen) atoms. The number of carbonyl (C=O) groups is 2. The normalized spacial score (nSPS) is 11.8. The van der Waals surface area contributed by atoms with Gasteiger partial charge in [0.05, 0.1) is 18.0 Å². The Kier molecular flexibility index (Phi) is 5.44. The van der Waals surface area contributed by atoms with E-state index < -0.39 is 35.4 Å². The van der Waals surface area contributed by atoms with Crippen molar-refractivity contribution in [1.29, 1.82) is 0 Å². The van der Waals surface area contributed by atoms with Crippen LogP contribution in [-0.4, -0.2) is 27.1 Å². The van der Waals surface area contributed by atoms with Gasteiger partial charge in [-0.25, -0.2) is 8.78 Å². The van der Waals surface area contributed by atoms with Gasteiger partial charge in [0, 0.05) is 0 Å². The highest BCUT2D eigenvalue weighted by Crippen LogP contribution is 2.24. The molecule has 0 spiro atoms. The summed E-state index contributed by atoms with van der Waals surface area (Å²) in [4.78, 5) is 27.4. The van der Waals surface area contributed by atoms with Crippen LogP contribution in [0.3, 0.4) is 0 Å². The van der Waals surface area contributed by atoms with Crippen LogP contribution < -0.4 is 5.32 Å². The Hall–Kier alpha value is -3.62. The molecule has 2 aromatic carbocycles. The van der Waals surface area contributed by atoms with Gasteiger partial charge < -0.3 is 14.9 Å². The number of carboxylic acid groups (broad SMARTS) is 1. The summed E-state index contributed by atoms with van der Waals surface area (Å²) in [6, 6.07) is 9.59. The molecular weight excluding hydrogens is 372 g/mol. The number of rotatable bonds is 6. The molecular formula is C19H15F2N3O4. The van der Waals surface area contributed by atoms with Crippen molar-refractivity contribution in [2.45, 2.75) is 19.4 Å². The molecule has 0 saturated carbocycles. The van der Waals surface area contributed by atoms with Crippen molar-refractivity contribution in [3.63, 3.8) is 0 Å². The number of nitrogens with zero attached hydrogens (tertiary/aromatic N) is 2. The molecule has 0 bridgehead atoms. The highest BCUT2D eigenvalue weighted by Gasteiger charge is 2.24. The molecule has 0 aliphatic carbocycles. The van der Waals surface area contributed by atoms with Crippen LogP contribution in [0.15, 0.2) is 47.0 Å². The second-order valence-electron chi connectivity index (χ2n) is 6.01. The minimum atomic E-state index is -1.18. The summed E-state index contributed by atoms with van der Waals surface area (Å²) < 4.78 is 32.1. The third kappa shape index (κ3) is 4.03. The number of aliphatic carboxylic acids is 1. The van der Waals surface area contributed by atoms with Gasteiger partial charge in [0.1, 0.15) is 0 Å². The molecule has 3 aromatic rings. The Morgan fingerprint density at radius 2 is 1.93 bits per heavy atom. The molecule has 1 aromatic heterocycles. The average Bonchev–Trinajstić information content (AvgIpc) is 3.13. The third-order valence-electron chi connectivity index (χ3n) is 4.06. The zero-order valence-electron chi connectivity index (χ0n) is 14.6. The van der Waals surface area contributed by atoms with Crippen LogP contribution in [0.25, 0.3) is 11.5 Å². The fraction of sp³-hybridized carbons (Fsp3) is 0.158. The maximum atomic E-state index is 13.8. The molecule has 9 heteroatoms. The molecule has 0 aliphatic heterocycles. The first kappa shape index (κ1) is 19.2. The molecule has 7 nitrogen and oxygen atoms in total. The molecule has 1 amide bonds. The van der Waals surface area contributed by atoms with Crippen LogP contribution in [0.4, 0.5) is 8.78 Å². The highest BCUT2D eigenvalue weighted by atomic mass is 19.2. The fourth-order valence-electron chi connectivity index (χ4n) is 2.71. The van der Waals surface area contributed by atoms with Crippen molar-refractivity contribution < 1.29 is 28.0 Å². The molecule has 1 heterocycles. The van der Waals surface area contributed by atoms with E-state index in [1.807, 2.05) is 0 Å². The van der Waals surface area contributed by atoms with E-state index in [2.05, 4.69) is 15.5 Å². The van der Waals surface area contributed by atoms with Crippen molar-refractivity contribution >= 4 is 11.9 Å². The van der Waals surface area contributed by atoms with E-state index in [0.29, 0.717) is 5.56 Å². The summed E-state index contributed by atoms with van der Waals surface area (Å²) in [6.07, 6.45) is -0.361. The minimum absolute atomic E-state index is 0.285. The van der Waals surface area contributed by atoms with E-state index in [0.717, 1.165) is 11.6 Å². The van der Waals surface area contributed by atoms with E-state index in [-0.39, 0.29) is 17.9 Å². The van der Waals surface area contributed by atoms with Gasteiger partial charge in [-0.2, -0.15) is 4.98 Å². The summed E-state index contributed by atoms with van der Waals surface area (Å²) in [5.74, 6) is -4.98. The van der Waals surface area contributed by atoms with Gasteiger partial charge in [-0.1, -0.05) is 35.5 Å². The lowest BCUT2D eigenvalue weighted by Crippen LogP contribution is -2.31. The molecule has 0 radical (unpaired) electrons. The standard InChI is InChI=1S/C19H15F2N3O4/c1-10-5-2-3-6-11(10)14(9-15(25)26)22-18(27)17-23-19(28-24-17)12-7-4-8-13(20)16(12)21/h2-8,14H,9H2,1H3,(H,22,27)(H,25,26)/t14-/m0/s1. The zero-order valence-corrected chi connectivity index (χ0v) is 14.6. The topological polar surface area (TPSA) is 105 Å². The molecule has 3 rings (SSSR count). The largest absolute Gasteiger partial charge is 0.481 e. The number of carboxylic acids is 1. The predicted molar refractivity (Wildman–Crippen MR) is 93.3 cm³/mol. The number of nitrogens with one attached hydrogen (secondary N) is 1. The molecule has 1 atom stereocenters. The Labute approximate surface area is 158 Å². The van der Waals surface area contributed by atoms with Gasteiger partial charge in [0.2, 0.25) is 0 Å². The van der Waals surface area contributed by atoms with Crippen molar-refractivity contribution in [3.8, 4) is 11.5 Å². The van der Waals surface area contributed by atoms with E-state index >= 15 is 0 Å². The van der Waals surface area contributed by atoms with Crippen LogP contribution >= 0.6 is 0 Å². The van der Waals surface area contributed by atoms with Gasteiger partial charge in [0.15, 0.2) is 11.6 Å². The maximum Gasteiger partial charge on any atom is 0.305 e. The van der Waals surface area contributed by atoms with Crippen molar-refractivity contribution in [2.24, 2.45) is 0 Å². The fourth-order valence-corrected chi connectivity index (χ4v) is 2.71. The Morgan fingerprint density at radius 1 is 1.18 bits per heavy atom. The number of carbonyl (C=O) groups excluding carboxylic acids is 1. The monoisotopic (exact) mass is 387 g/mol. The lowest BCUT2D eigenvalue weighted by Gasteiger charge is -2.18. The predicted octanol–water partition coefficient (Wildman–Crippen LogP) is 3.27. The van der Waals surface area contributed by atoms with Gasteiger partial charge in [-0.3, -0.25) is 9.59 Å². The molecule has 0 unspecified atom stereocenters. The van der Waals surface area contributed by atoms with Crippen LogP contribution in [0.1, 0.15) is 34.2 Å². The van der Waals surface area contributed by atoms with Crippen LogP contribution in [0.2, 0.25) is 0 Å². The lowest BCUT2D eigenvalue weighted by molar-refractivity contribution is -0.137. The first-order valence-corrected chi connectivity index (χ1v) is 8.23. The highest BCUT2D eigenvalue weighted by molar-refractivity contribution is 5.91. The van der Waals surface area contributed by atoms with Gasteiger partial charge in [-0.05, 0) is 30.2 Å². The molecule has 0 fully saturated rings. The van der Waals surface area contributed by atoms with E-state index in [9.17, 15) is 18.4 Å². The smallest absolute Gasteiger partial charge is 0.305 e. The number of aromatic nitrogens is 2. The van der Waals surface area contributed by atoms with Crippen LogP contribution in [0, 0.1) is 18.6 Å². The Bertz CT molecular complexity index is 1040. The number of hydrogen-bond donors (Lipinski definition) is 2. The number of aryl methyl sites for hydroxylation is 1. The Morgan fingerprint density at radius 3 is 2.64 bits per heavy atom. The zero-order chi connectivity index (χ0) is 20.3. The molecule has 0 saturated heterocycles. The van der Waals surface area contributed by atoms with Gasteiger partial charge >= 0.3 is 5.97 Å². The van der Waals surface area contributed by atoms with Crippen molar-refractivity contribution in [2.75, 3.05) is 0 Å². The molecule has 0 aliphatic rings.